The van der Waals surface area contributed by atoms with Crippen molar-refractivity contribution in [3.63, 3.8) is 0 Å². The van der Waals surface area contributed by atoms with Crippen LogP contribution in [0.4, 0.5) is 5.82 Å². The number of aromatic nitrogens is 5. The minimum Gasteiger partial charge on any atom is -0.379 e. The molecule has 0 aliphatic carbocycles. The van der Waals surface area contributed by atoms with Crippen LogP contribution in [0, 0.1) is 0 Å². The SMILES string of the molecule is O=C(CN1CCOCC1)Nc1n[nH]c2ccc(-c3cn(Cc4ccccc4)nn3)cc12. The molecule has 3 heterocycles. The molecule has 2 N–H and O–H groups in total. The summed E-state index contributed by atoms with van der Waals surface area (Å²) in [6, 6.07) is 16.0. The van der Waals surface area contributed by atoms with Gasteiger partial charge >= 0.3 is 0 Å². The zero-order valence-corrected chi connectivity index (χ0v) is 17.0. The molecule has 0 atom stereocenters. The fraction of sp³-hybridized carbons (Fsp3) is 0.273. The van der Waals surface area contributed by atoms with E-state index in [2.05, 4.69) is 42.9 Å². The molecule has 1 saturated heterocycles. The molecule has 0 unspecified atom stereocenters. The van der Waals surface area contributed by atoms with Crippen molar-refractivity contribution < 1.29 is 9.53 Å². The number of carbonyl (C=O) groups is 1. The number of H-pyrrole nitrogens is 1. The van der Waals surface area contributed by atoms with E-state index in [0.717, 1.165) is 40.8 Å². The van der Waals surface area contributed by atoms with E-state index in [0.29, 0.717) is 32.1 Å². The maximum Gasteiger partial charge on any atom is 0.239 e. The number of carbonyl (C=O) groups excluding carboxylic acids is 1. The average Bonchev–Trinajstić information content (AvgIpc) is 3.42. The van der Waals surface area contributed by atoms with Gasteiger partial charge in [0.2, 0.25) is 5.91 Å². The number of ether oxygens (including phenoxy) is 1. The van der Waals surface area contributed by atoms with E-state index in [-0.39, 0.29) is 5.91 Å². The Morgan fingerprint density at radius 1 is 1.13 bits per heavy atom. The Kier molecular flexibility index (Phi) is 5.42. The molecule has 1 aliphatic heterocycles. The number of fused-ring (bicyclic) bond motifs is 1. The molecule has 158 valence electrons. The lowest BCUT2D eigenvalue weighted by molar-refractivity contribution is -0.118. The molecule has 9 heteroatoms. The van der Waals surface area contributed by atoms with Crippen molar-refractivity contribution in [3.05, 3.63) is 60.3 Å². The van der Waals surface area contributed by atoms with E-state index in [1.54, 1.807) is 0 Å². The van der Waals surface area contributed by atoms with Crippen molar-refractivity contribution in [2.24, 2.45) is 0 Å². The van der Waals surface area contributed by atoms with Crippen LogP contribution in [-0.2, 0) is 16.1 Å². The first-order chi connectivity index (χ1) is 15.2. The Labute approximate surface area is 179 Å². The molecule has 0 radical (unpaired) electrons. The molecule has 1 fully saturated rings. The fourth-order valence-corrected chi connectivity index (χ4v) is 3.68. The summed E-state index contributed by atoms with van der Waals surface area (Å²) >= 11 is 0. The van der Waals surface area contributed by atoms with E-state index in [4.69, 9.17) is 4.74 Å². The molecular weight excluding hydrogens is 394 g/mol. The van der Waals surface area contributed by atoms with Crippen molar-refractivity contribution in [3.8, 4) is 11.3 Å². The molecule has 2 aromatic heterocycles. The predicted octanol–water partition coefficient (Wildman–Crippen LogP) is 2.14. The number of hydrogen-bond donors (Lipinski definition) is 2. The van der Waals surface area contributed by atoms with Gasteiger partial charge in [-0.3, -0.25) is 14.8 Å². The summed E-state index contributed by atoms with van der Waals surface area (Å²) < 4.78 is 7.15. The molecule has 1 aliphatic rings. The van der Waals surface area contributed by atoms with E-state index in [9.17, 15) is 4.79 Å². The number of anilines is 1. The van der Waals surface area contributed by atoms with Gasteiger partial charge in [0.05, 0.1) is 38.0 Å². The number of benzene rings is 2. The monoisotopic (exact) mass is 417 g/mol. The second-order valence-corrected chi connectivity index (χ2v) is 7.56. The van der Waals surface area contributed by atoms with Gasteiger partial charge in [0.25, 0.3) is 0 Å². The highest BCUT2D eigenvalue weighted by atomic mass is 16.5. The minimum atomic E-state index is -0.0884. The zero-order valence-electron chi connectivity index (χ0n) is 17.0. The lowest BCUT2D eigenvalue weighted by atomic mass is 10.1. The van der Waals surface area contributed by atoms with Crippen LogP contribution in [0.15, 0.2) is 54.7 Å². The summed E-state index contributed by atoms with van der Waals surface area (Å²) in [5.74, 6) is 0.432. The average molecular weight is 417 g/mol. The van der Waals surface area contributed by atoms with Crippen LogP contribution in [0.25, 0.3) is 22.2 Å². The largest absolute Gasteiger partial charge is 0.379 e. The van der Waals surface area contributed by atoms with E-state index in [1.165, 1.54) is 0 Å². The van der Waals surface area contributed by atoms with E-state index < -0.39 is 0 Å². The molecule has 1 amide bonds. The quantitative estimate of drug-likeness (QED) is 0.499. The van der Waals surface area contributed by atoms with Gasteiger partial charge in [0.1, 0.15) is 5.69 Å². The van der Waals surface area contributed by atoms with Crippen molar-refractivity contribution in [2.75, 3.05) is 38.2 Å². The van der Waals surface area contributed by atoms with Crippen molar-refractivity contribution >= 4 is 22.6 Å². The van der Waals surface area contributed by atoms with Gasteiger partial charge in [-0.2, -0.15) is 5.10 Å². The van der Waals surface area contributed by atoms with Gasteiger partial charge in [0, 0.05) is 24.0 Å². The van der Waals surface area contributed by atoms with Gasteiger partial charge in [-0.15, -0.1) is 5.10 Å². The molecule has 9 nitrogen and oxygen atoms in total. The Balaban J connectivity index is 1.32. The van der Waals surface area contributed by atoms with Crippen molar-refractivity contribution in [2.45, 2.75) is 6.54 Å². The third-order valence-corrected chi connectivity index (χ3v) is 5.31. The van der Waals surface area contributed by atoms with E-state index in [1.807, 2.05) is 47.3 Å². The smallest absolute Gasteiger partial charge is 0.239 e. The maximum absolute atomic E-state index is 12.5. The van der Waals surface area contributed by atoms with Gasteiger partial charge in [-0.05, 0) is 17.7 Å². The topological polar surface area (TPSA) is 101 Å². The van der Waals surface area contributed by atoms with Crippen LogP contribution in [0.2, 0.25) is 0 Å². The Hall–Kier alpha value is -3.56. The standard InChI is InChI=1S/C22H23N7O2/c30-21(15-28-8-10-31-11-9-28)23-22-18-12-17(6-7-19(18)24-26-22)20-14-29(27-25-20)13-16-4-2-1-3-5-16/h1-7,12,14H,8-11,13,15H2,(H2,23,24,26,30). The molecule has 0 bridgehead atoms. The number of nitrogens with zero attached hydrogens (tertiary/aromatic N) is 5. The van der Waals surface area contributed by atoms with E-state index >= 15 is 0 Å². The first-order valence-electron chi connectivity index (χ1n) is 10.3. The number of morpholine rings is 1. The predicted molar refractivity (Wildman–Crippen MR) is 117 cm³/mol. The Morgan fingerprint density at radius 2 is 1.97 bits per heavy atom. The fourth-order valence-electron chi connectivity index (χ4n) is 3.68. The summed E-state index contributed by atoms with van der Waals surface area (Å²) in [5.41, 5.74) is 3.69. The molecule has 2 aromatic carbocycles. The second kappa shape index (κ2) is 8.66. The lowest BCUT2D eigenvalue weighted by Gasteiger charge is -2.25. The summed E-state index contributed by atoms with van der Waals surface area (Å²) in [4.78, 5) is 14.6. The Bertz CT molecular complexity index is 1180. The van der Waals surface area contributed by atoms with Crippen LogP contribution in [-0.4, -0.2) is 68.8 Å². The first-order valence-corrected chi connectivity index (χ1v) is 10.3. The highest BCUT2D eigenvalue weighted by Crippen LogP contribution is 2.26. The highest BCUT2D eigenvalue weighted by molar-refractivity contribution is 6.01. The van der Waals surface area contributed by atoms with Gasteiger partial charge in [-0.1, -0.05) is 41.6 Å². The number of nitrogens with one attached hydrogen (secondary N) is 2. The molecule has 4 aromatic rings. The zero-order chi connectivity index (χ0) is 21.0. The lowest BCUT2D eigenvalue weighted by Crippen LogP contribution is -2.41. The highest BCUT2D eigenvalue weighted by Gasteiger charge is 2.16. The van der Waals surface area contributed by atoms with Gasteiger partial charge in [0.15, 0.2) is 5.82 Å². The van der Waals surface area contributed by atoms with Crippen LogP contribution in [0.5, 0.6) is 0 Å². The normalized spacial score (nSPS) is 14.7. The van der Waals surface area contributed by atoms with Crippen LogP contribution in [0.3, 0.4) is 0 Å². The minimum absolute atomic E-state index is 0.0884. The second-order valence-electron chi connectivity index (χ2n) is 7.56. The third kappa shape index (κ3) is 4.47. The summed E-state index contributed by atoms with van der Waals surface area (Å²) in [6.45, 7) is 3.82. The van der Waals surface area contributed by atoms with Gasteiger partial charge < -0.3 is 10.1 Å². The number of aromatic amines is 1. The van der Waals surface area contributed by atoms with Crippen molar-refractivity contribution in [1.29, 1.82) is 0 Å². The number of amides is 1. The molecular formula is C22H23N7O2. The molecule has 0 saturated carbocycles. The third-order valence-electron chi connectivity index (χ3n) is 5.31. The van der Waals surface area contributed by atoms with Gasteiger partial charge in [-0.25, -0.2) is 4.68 Å². The first kappa shape index (κ1) is 19.4. The molecule has 0 spiro atoms. The number of rotatable bonds is 6. The molecule has 5 rings (SSSR count). The summed E-state index contributed by atoms with van der Waals surface area (Å²) in [5, 5.41) is 19.6. The molecule has 31 heavy (non-hydrogen) atoms. The summed E-state index contributed by atoms with van der Waals surface area (Å²) in [6.07, 6.45) is 1.92. The van der Waals surface area contributed by atoms with Crippen LogP contribution >= 0.6 is 0 Å². The van der Waals surface area contributed by atoms with Crippen LogP contribution in [0.1, 0.15) is 5.56 Å². The van der Waals surface area contributed by atoms with Crippen molar-refractivity contribution in [1.82, 2.24) is 30.1 Å². The van der Waals surface area contributed by atoms with Crippen LogP contribution < -0.4 is 5.32 Å². The summed E-state index contributed by atoms with van der Waals surface area (Å²) in [7, 11) is 0. The number of hydrogen-bond acceptors (Lipinski definition) is 6. The Morgan fingerprint density at radius 3 is 2.81 bits per heavy atom. The maximum atomic E-state index is 12.5.